The molecule has 0 unspecified atom stereocenters. The van der Waals surface area contributed by atoms with E-state index >= 15 is 0 Å². The molecule has 0 saturated carbocycles. The number of nitrogens with zero attached hydrogens (tertiary/aromatic N) is 1. The van der Waals surface area contributed by atoms with Crippen LogP contribution < -0.4 is 5.06 Å². The van der Waals surface area contributed by atoms with Crippen LogP contribution in [0.1, 0.15) is 5.56 Å². The number of hydrogen-bond acceptors (Lipinski definition) is 2. The monoisotopic (exact) mass is 177 g/mol. The molecule has 0 aliphatic carbocycles. The van der Waals surface area contributed by atoms with Crippen LogP contribution in [0.3, 0.4) is 0 Å². The van der Waals surface area contributed by atoms with Gasteiger partial charge in [0.25, 0.3) is 5.91 Å². The second-order valence-electron chi connectivity index (χ2n) is 2.64. The number of hydrogen-bond donors (Lipinski definition) is 1. The number of amides is 1. The fourth-order valence-corrected chi connectivity index (χ4v) is 1.01. The lowest BCUT2D eigenvalue weighted by Crippen LogP contribution is -2.25. The molecule has 0 heterocycles. The molecule has 3 heteroatoms. The summed E-state index contributed by atoms with van der Waals surface area (Å²) >= 11 is 0. The molecule has 1 amide bonds. The number of hydroxylamine groups is 1. The zero-order chi connectivity index (χ0) is 9.84. The van der Waals surface area contributed by atoms with Gasteiger partial charge in [-0.3, -0.25) is 10.0 Å². The van der Waals surface area contributed by atoms with Crippen LogP contribution >= 0.6 is 0 Å². The van der Waals surface area contributed by atoms with Crippen molar-refractivity contribution in [3.63, 3.8) is 0 Å². The van der Waals surface area contributed by atoms with Crippen LogP contribution in [0.25, 0.3) is 0 Å². The van der Waals surface area contributed by atoms with Crippen molar-refractivity contribution in [1.82, 2.24) is 0 Å². The van der Waals surface area contributed by atoms with Crippen molar-refractivity contribution in [3.8, 4) is 0 Å². The van der Waals surface area contributed by atoms with Crippen molar-refractivity contribution in [2.24, 2.45) is 0 Å². The minimum atomic E-state index is -0.533. The van der Waals surface area contributed by atoms with Gasteiger partial charge in [-0.15, -0.1) is 0 Å². The van der Waals surface area contributed by atoms with E-state index in [1.54, 1.807) is 12.1 Å². The van der Waals surface area contributed by atoms with E-state index < -0.39 is 5.91 Å². The SMILES string of the molecule is C=CC(=O)N(O)c1ccccc1C. The summed E-state index contributed by atoms with van der Waals surface area (Å²) in [5.74, 6) is -0.533. The van der Waals surface area contributed by atoms with Crippen LogP contribution in [-0.2, 0) is 4.79 Å². The fraction of sp³-hybridized carbons (Fsp3) is 0.100. The van der Waals surface area contributed by atoms with Gasteiger partial charge in [-0.25, -0.2) is 0 Å². The van der Waals surface area contributed by atoms with Crippen LogP contribution in [-0.4, -0.2) is 11.1 Å². The lowest BCUT2D eigenvalue weighted by atomic mass is 10.2. The number of carbonyl (C=O) groups excluding carboxylic acids is 1. The Balaban J connectivity index is 3.01. The molecule has 0 aliphatic rings. The van der Waals surface area contributed by atoms with Crippen LogP contribution in [0.4, 0.5) is 5.69 Å². The van der Waals surface area contributed by atoms with E-state index in [4.69, 9.17) is 0 Å². The normalized spacial score (nSPS) is 9.38. The number of anilines is 1. The standard InChI is InChI=1S/C10H11NO2/c1-3-10(12)11(13)9-7-5-4-6-8(9)2/h3-7,13H,1H2,2H3. The molecule has 0 spiro atoms. The van der Waals surface area contributed by atoms with Crippen molar-refractivity contribution >= 4 is 11.6 Å². The van der Waals surface area contributed by atoms with Crippen LogP contribution in [0.5, 0.6) is 0 Å². The van der Waals surface area contributed by atoms with Crippen LogP contribution in [0.15, 0.2) is 36.9 Å². The molecule has 1 aromatic rings. The van der Waals surface area contributed by atoms with Gasteiger partial charge in [0.05, 0.1) is 5.69 Å². The summed E-state index contributed by atoms with van der Waals surface area (Å²) < 4.78 is 0. The lowest BCUT2D eigenvalue weighted by Gasteiger charge is -2.14. The highest BCUT2D eigenvalue weighted by Gasteiger charge is 2.10. The summed E-state index contributed by atoms with van der Waals surface area (Å²) in [4.78, 5) is 11.0. The number of benzene rings is 1. The van der Waals surface area contributed by atoms with Gasteiger partial charge >= 0.3 is 0 Å². The summed E-state index contributed by atoms with van der Waals surface area (Å²) in [7, 11) is 0. The Morgan fingerprint density at radius 1 is 1.54 bits per heavy atom. The number of aryl methyl sites for hydroxylation is 1. The molecule has 13 heavy (non-hydrogen) atoms. The molecule has 1 aromatic carbocycles. The molecule has 0 radical (unpaired) electrons. The van der Waals surface area contributed by atoms with E-state index in [0.29, 0.717) is 10.8 Å². The molecule has 68 valence electrons. The first-order valence-electron chi connectivity index (χ1n) is 3.88. The maximum absolute atomic E-state index is 11.0. The number of rotatable bonds is 2. The van der Waals surface area contributed by atoms with Gasteiger partial charge in [0.15, 0.2) is 0 Å². The highest BCUT2D eigenvalue weighted by atomic mass is 16.5. The fourth-order valence-electron chi connectivity index (χ4n) is 1.01. The van der Waals surface area contributed by atoms with E-state index in [-0.39, 0.29) is 0 Å². The second kappa shape index (κ2) is 3.87. The van der Waals surface area contributed by atoms with Gasteiger partial charge in [-0.1, -0.05) is 24.8 Å². The topological polar surface area (TPSA) is 40.5 Å². The van der Waals surface area contributed by atoms with E-state index in [1.807, 2.05) is 19.1 Å². The quantitative estimate of drug-likeness (QED) is 0.426. The molecule has 3 nitrogen and oxygen atoms in total. The van der Waals surface area contributed by atoms with Crippen molar-refractivity contribution in [2.45, 2.75) is 6.92 Å². The third kappa shape index (κ3) is 1.95. The summed E-state index contributed by atoms with van der Waals surface area (Å²) in [6.07, 6.45) is 1.06. The smallest absolute Gasteiger partial charge is 0.274 e. The average Bonchev–Trinajstić information content (AvgIpc) is 2.16. The zero-order valence-corrected chi connectivity index (χ0v) is 7.40. The summed E-state index contributed by atoms with van der Waals surface area (Å²) in [5, 5.41) is 9.97. The minimum absolute atomic E-state index is 0.479. The van der Waals surface area contributed by atoms with Crippen LogP contribution in [0.2, 0.25) is 0 Å². The molecule has 0 fully saturated rings. The Morgan fingerprint density at radius 2 is 2.15 bits per heavy atom. The van der Waals surface area contributed by atoms with Gasteiger partial charge in [-0.2, -0.15) is 5.06 Å². The largest absolute Gasteiger partial charge is 0.281 e. The maximum Gasteiger partial charge on any atom is 0.274 e. The first-order chi connectivity index (χ1) is 6.16. The first-order valence-corrected chi connectivity index (χ1v) is 3.88. The third-order valence-electron chi connectivity index (χ3n) is 1.73. The highest BCUT2D eigenvalue weighted by Crippen LogP contribution is 2.17. The Hall–Kier alpha value is -1.61. The van der Waals surface area contributed by atoms with Gasteiger partial charge < -0.3 is 0 Å². The van der Waals surface area contributed by atoms with E-state index in [0.717, 1.165) is 11.6 Å². The minimum Gasteiger partial charge on any atom is -0.281 e. The van der Waals surface area contributed by atoms with Crippen molar-refractivity contribution in [3.05, 3.63) is 42.5 Å². The Bertz CT molecular complexity index is 333. The average molecular weight is 177 g/mol. The molecule has 0 atom stereocenters. The number of carbonyl (C=O) groups is 1. The molecule has 0 aliphatic heterocycles. The molecule has 0 saturated heterocycles. The number of para-hydroxylation sites is 1. The molecule has 1 N–H and O–H groups in total. The van der Waals surface area contributed by atoms with Crippen molar-refractivity contribution < 1.29 is 10.0 Å². The van der Waals surface area contributed by atoms with Gasteiger partial charge in [0.2, 0.25) is 0 Å². The molecule has 0 bridgehead atoms. The second-order valence-corrected chi connectivity index (χ2v) is 2.64. The molecular weight excluding hydrogens is 166 g/mol. The van der Waals surface area contributed by atoms with Crippen molar-refractivity contribution in [1.29, 1.82) is 0 Å². The maximum atomic E-state index is 11.0. The van der Waals surface area contributed by atoms with E-state index in [2.05, 4.69) is 6.58 Å². The summed E-state index contributed by atoms with van der Waals surface area (Å²) in [6.45, 7) is 5.10. The van der Waals surface area contributed by atoms with E-state index in [1.165, 1.54) is 0 Å². The lowest BCUT2D eigenvalue weighted by molar-refractivity contribution is -0.118. The van der Waals surface area contributed by atoms with Gasteiger partial charge in [0, 0.05) is 0 Å². The third-order valence-corrected chi connectivity index (χ3v) is 1.73. The molecular formula is C10H11NO2. The molecule has 0 aromatic heterocycles. The Kier molecular flexibility index (Phi) is 2.82. The van der Waals surface area contributed by atoms with Gasteiger partial charge in [0.1, 0.15) is 0 Å². The van der Waals surface area contributed by atoms with Crippen LogP contribution in [0, 0.1) is 6.92 Å². The Labute approximate surface area is 76.9 Å². The molecule has 1 rings (SSSR count). The Morgan fingerprint density at radius 3 is 2.69 bits per heavy atom. The first kappa shape index (κ1) is 9.48. The van der Waals surface area contributed by atoms with E-state index in [9.17, 15) is 10.0 Å². The predicted octanol–water partition coefficient (Wildman–Crippen LogP) is 1.90. The highest BCUT2D eigenvalue weighted by molar-refractivity contribution is 5.99. The predicted molar refractivity (Wildman–Crippen MR) is 50.6 cm³/mol. The van der Waals surface area contributed by atoms with Crippen molar-refractivity contribution in [2.75, 3.05) is 5.06 Å². The van der Waals surface area contributed by atoms with Gasteiger partial charge in [-0.05, 0) is 24.6 Å². The zero-order valence-electron chi connectivity index (χ0n) is 7.40. The summed E-state index contributed by atoms with van der Waals surface area (Å²) in [6, 6.07) is 7.07. The summed E-state index contributed by atoms with van der Waals surface area (Å²) in [5.41, 5.74) is 1.31.